The second kappa shape index (κ2) is 9.70. The van der Waals surface area contributed by atoms with Crippen molar-refractivity contribution in [3.63, 3.8) is 0 Å². The van der Waals surface area contributed by atoms with E-state index >= 15 is 0 Å². The highest BCUT2D eigenvalue weighted by Crippen LogP contribution is 2.39. The zero-order valence-electron chi connectivity index (χ0n) is 16.5. The van der Waals surface area contributed by atoms with Crippen LogP contribution in [-0.4, -0.2) is 56.4 Å². The summed E-state index contributed by atoms with van der Waals surface area (Å²) >= 11 is 7.33. The van der Waals surface area contributed by atoms with Crippen LogP contribution in [0.25, 0.3) is 10.2 Å². The molecule has 1 aromatic heterocycles. The van der Waals surface area contributed by atoms with Gasteiger partial charge in [0.05, 0.1) is 10.2 Å². The third-order valence-electron chi connectivity index (χ3n) is 4.35. The van der Waals surface area contributed by atoms with Crippen LogP contribution < -0.4 is 19.1 Å². The van der Waals surface area contributed by atoms with Gasteiger partial charge in [-0.15, -0.1) is 12.4 Å². The predicted octanol–water partition coefficient (Wildman–Crippen LogP) is 4.07. The summed E-state index contributed by atoms with van der Waals surface area (Å²) in [5, 5.41) is 1.24. The second-order valence-corrected chi connectivity index (χ2v) is 8.21. The topological polar surface area (TPSA) is 64.1 Å². The van der Waals surface area contributed by atoms with Crippen LogP contribution in [0.5, 0.6) is 17.2 Å². The Morgan fingerprint density at radius 3 is 2.57 bits per heavy atom. The van der Waals surface area contributed by atoms with E-state index in [4.69, 9.17) is 25.8 Å². The molecule has 0 unspecified atom stereocenters. The molecular weight excluding hydrogens is 449 g/mol. The van der Waals surface area contributed by atoms with Gasteiger partial charge in [-0.05, 0) is 38.4 Å². The van der Waals surface area contributed by atoms with E-state index in [1.165, 1.54) is 11.3 Å². The van der Waals surface area contributed by atoms with Crippen molar-refractivity contribution in [3.05, 3.63) is 41.4 Å². The van der Waals surface area contributed by atoms with E-state index in [0.717, 1.165) is 10.2 Å². The summed E-state index contributed by atoms with van der Waals surface area (Å²) in [5.74, 6) is 1.79. The van der Waals surface area contributed by atoms with Crippen LogP contribution in [0.2, 0.25) is 5.02 Å². The highest BCUT2D eigenvalue weighted by Gasteiger charge is 2.22. The Kier molecular flexibility index (Phi) is 7.25. The number of amides is 1. The minimum absolute atomic E-state index is 0. The van der Waals surface area contributed by atoms with Crippen molar-refractivity contribution in [1.82, 2.24) is 9.88 Å². The van der Waals surface area contributed by atoms with Gasteiger partial charge in [0.1, 0.15) is 5.75 Å². The Hall–Kier alpha value is -2.26. The molecule has 7 nitrogen and oxygen atoms in total. The lowest BCUT2D eigenvalue weighted by atomic mass is 10.3. The summed E-state index contributed by atoms with van der Waals surface area (Å²) < 4.78 is 17.4. The first-order valence-corrected chi connectivity index (χ1v) is 10.2. The van der Waals surface area contributed by atoms with Crippen molar-refractivity contribution in [2.45, 2.75) is 0 Å². The number of carbonyl (C=O) groups excluding carboxylic acids is 1. The van der Waals surface area contributed by atoms with Crippen molar-refractivity contribution < 1.29 is 19.0 Å². The Labute approximate surface area is 189 Å². The molecule has 0 bridgehead atoms. The van der Waals surface area contributed by atoms with Crippen molar-refractivity contribution in [2.24, 2.45) is 0 Å². The van der Waals surface area contributed by atoms with E-state index in [-0.39, 0.29) is 31.7 Å². The number of benzene rings is 2. The maximum Gasteiger partial charge on any atom is 0.266 e. The van der Waals surface area contributed by atoms with Crippen LogP contribution in [0.1, 0.15) is 0 Å². The molecule has 0 N–H and O–H groups in total. The van der Waals surface area contributed by atoms with Gasteiger partial charge < -0.3 is 19.1 Å². The molecule has 0 radical (unpaired) electrons. The first-order valence-electron chi connectivity index (χ1n) is 9.03. The molecule has 2 aromatic carbocycles. The standard InChI is InChI=1S/C20H20ClN3O4S.ClH/c1-23(2)7-8-24(19(25)11-26-14-5-3-13(21)4-6-14)20-22-15-9-16-17(28-12-27-16)10-18(15)29-20;/h3-6,9-10H,7-8,11-12H2,1-2H3;1H. The molecule has 2 heterocycles. The number of rotatable bonds is 7. The molecule has 30 heavy (non-hydrogen) atoms. The van der Waals surface area contributed by atoms with Crippen molar-refractivity contribution in [1.29, 1.82) is 0 Å². The Balaban J connectivity index is 0.00000256. The van der Waals surface area contributed by atoms with Gasteiger partial charge in [0.2, 0.25) is 6.79 Å². The van der Waals surface area contributed by atoms with Gasteiger partial charge >= 0.3 is 0 Å². The van der Waals surface area contributed by atoms with Crippen LogP contribution in [0.3, 0.4) is 0 Å². The average Bonchev–Trinajstić information content (AvgIpc) is 3.31. The van der Waals surface area contributed by atoms with Crippen LogP contribution in [-0.2, 0) is 4.79 Å². The fourth-order valence-electron chi connectivity index (χ4n) is 2.80. The van der Waals surface area contributed by atoms with Crippen molar-refractivity contribution >= 4 is 56.6 Å². The number of hydrogen-bond acceptors (Lipinski definition) is 7. The zero-order valence-corrected chi connectivity index (χ0v) is 18.9. The maximum absolute atomic E-state index is 12.9. The normalized spacial score (nSPS) is 12.1. The summed E-state index contributed by atoms with van der Waals surface area (Å²) in [4.78, 5) is 21.3. The molecule has 0 fully saturated rings. The Morgan fingerprint density at radius 2 is 1.87 bits per heavy atom. The van der Waals surface area contributed by atoms with E-state index in [1.807, 2.05) is 31.1 Å². The Morgan fingerprint density at radius 1 is 1.17 bits per heavy atom. The molecule has 0 spiro atoms. The number of aromatic nitrogens is 1. The number of fused-ring (bicyclic) bond motifs is 2. The van der Waals surface area contributed by atoms with Gasteiger partial charge in [-0.1, -0.05) is 22.9 Å². The van der Waals surface area contributed by atoms with Gasteiger partial charge in [-0.2, -0.15) is 0 Å². The van der Waals surface area contributed by atoms with E-state index in [2.05, 4.69) is 4.98 Å². The minimum atomic E-state index is -0.166. The molecule has 1 aliphatic rings. The number of hydrogen-bond donors (Lipinski definition) is 0. The molecular formula is C20H21Cl2N3O4S. The highest BCUT2D eigenvalue weighted by molar-refractivity contribution is 7.22. The van der Waals surface area contributed by atoms with Crippen molar-refractivity contribution in [2.75, 3.05) is 45.5 Å². The fourth-order valence-corrected chi connectivity index (χ4v) is 3.95. The van der Waals surface area contributed by atoms with Crippen LogP contribution in [0.15, 0.2) is 36.4 Å². The Bertz CT molecular complexity index is 986. The van der Waals surface area contributed by atoms with E-state index in [9.17, 15) is 4.79 Å². The summed E-state index contributed by atoms with van der Waals surface area (Å²) in [5.41, 5.74) is 0.774. The molecule has 0 saturated heterocycles. The van der Waals surface area contributed by atoms with Gasteiger partial charge in [-0.25, -0.2) is 4.98 Å². The molecule has 0 saturated carbocycles. The SMILES string of the molecule is CN(C)CCN(C(=O)COc1ccc(Cl)cc1)c1nc2cc3c(cc2s1)OCO3.Cl. The lowest BCUT2D eigenvalue weighted by Gasteiger charge is -2.22. The van der Waals surface area contributed by atoms with E-state index < -0.39 is 0 Å². The molecule has 1 aliphatic heterocycles. The van der Waals surface area contributed by atoms with E-state index in [1.54, 1.807) is 29.2 Å². The maximum atomic E-state index is 12.9. The summed E-state index contributed by atoms with van der Waals surface area (Å²) in [6.07, 6.45) is 0. The largest absolute Gasteiger partial charge is 0.484 e. The molecule has 0 atom stereocenters. The lowest BCUT2D eigenvalue weighted by Crippen LogP contribution is -2.39. The van der Waals surface area contributed by atoms with Gasteiger partial charge in [0, 0.05) is 30.2 Å². The number of carbonyl (C=O) groups is 1. The van der Waals surface area contributed by atoms with Gasteiger partial charge in [0.15, 0.2) is 23.2 Å². The predicted molar refractivity (Wildman–Crippen MR) is 121 cm³/mol. The number of likely N-dealkylation sites (N-methyl/N-ethyl adjacent to an activating group) is 1. The van der Waals surface area contributed by atoms with Gasteiger partial charge in [0.25, 0.3) is 5.91 Å². The molecule has 160 valence electrons. The molecule has 1 amide bonds. The smallest absolute Gasteiger partial charge is 0.266 e. The van der Waals surface area contributed by atoms with Crippen LogP contribution in [0.4, 0.5) is 5.13 Å². The number of halogens is 2. The van der Waals surface area contributed by atoms with E-state index in [0.29, 0.717) is 40.5 Å². The minimum Gasteiger partial charge on any atom is -0.484 e. The molecule has 3 aromatic rings. The second-order valence-electron chi connectivity index (χ2n) is 6.76. The summed E-state index contributed by atoms with van der Waals surface area (Å²) in [6.45, 7) is 1.33. The quantitative estimate of drug-likeness (QED) is 0.519. The monoisotopic (exact) mass is 469 g/mol. The number of thiazole rings is 1. The molecule has 10 heteroatoms. The first kappa shape index (κ1) is 22.4. The molecule has 4 rings (SSSR count). The molecule has 0 aliphatic carbocycles. The number of nitrogens with zero attached hydrogens (tertiary/aromatic N) is 3. The third kappa shape index (κ3) is 5.07. The number of ether oxygens (including phenoxy) is 3. The summed E-state index contributed by atoms with van der Waals surface area (Å²) in [6, 6.07) is 10.7. The van der Waals surface area contributed by atoms with Crippen LogP contribution in [0, 0.1) is 0 Å². The lowest BCUT2D eigenvalue weighted by molar-refractivity contribution is -0.120. The van der Waals surface area contributed by atoms with Crippen LogP contribution >= 0.6 is 35.3 Å². The highest BCUT2D eigenvalue weighted by atomic mass is 35.5. The fraction of sp³-hybridized carbons (Fsp3) is 0.300. The number of anilines is 1. The van der Waals surface area contributed by atoms with Gasteiger partial charge in [-0.3, -0.25) is 9.69 Å². The summed E-state index contributed by atoms with van der Waals surface area (Å²) in [7, 11) is 3.93. The zero-order chi connectivity index (χ0) is 20.4. The third-order valence-corrected chi connectivity index (χ3v) is 5.64. The van der Waals surface area contributed by atoms with Crippen molar-refractivity contribution in [3.8, 4) is 17.2 Å². The first-order chi connectivity index (χ1) is 14.0. The average molecular weight is 470 g/mol.